The lowest BCUT2D eigenvalue weighted by molar-refractivity contribution is 0.0306. The maximum absolute atomic E-state index is 12.7. The van der Waals surface area contributed by atoms with Gasteiger partial charge in [-0.25, -0.2) is 8.78 Å². The number of halogens is 2. The van der Waals surface area contributed by atoms with Gasteiger partial charge in [-0.05, 0) is 43.7 Å². The van der Waals surface area contributed by atoms with Crippen molar-refractivity contribution in [3.05, 3.63) is 29.6 Å². The lowest BCUT2D eigenvalue weighted by Gasteiger charge is -2.43. The Hall–Kier alpha value is -1.54. The Morgan fingerprint density at radius 3 is 2.57 bits per heavy atom. The third kappa shape index (κ3) is 2.53. The number of rotatable bonds is 3. The molecule has 3 rings (SSSR count). The molecule has 0 N–H and O–H groups in total. The zero-order valence-electron chi connectivity index (χ0n) is 12.1. The van der Waals surface area contributed by atoms with Gasteiger partial charge in [0.25, 0.3) is 6.43 Å². The van der Waals surface area contributed by atoms with Gasteiger partial charge in [-0.15, -0.1) is 0 Å². The molecule has 3 heterocycles. The number of alkyl halides is 2. The molecule has 0 aliphatic carbocycles. The molecule has 0 aromatic carbocycles. The van der Waals surface area contributed by atoms with Crippen LogP contribution in [-0.4, -0.2) is 34.9 Å². The van der Waals surface area contributed by atoms with Crippen molar-refractivity contribution in [2.75, 3.05) is 6.54 Å². The van der Waals surface area contributed by atoms with E-state index in [1.807, 2.05) is 17.9 Å². The van der Waals surface area contributed by atoms with Crippen LogP contribution in [0.25, 0.3) is 0 Å². The Labute approximate surface area is 123 Å². The summed E-state index contributed by atoms with van der Waals surface area (Å²) in [4.78, 5) is 6.13. The fourth-order valence-corrected chi connectivity index (χ4v) is 4.01. The van der Waals surface area contributed by atoms with Crippen molar-refractivity contribution in [3.63, 3.8) is 0 Å². The van der Waals surface area contributed by atoms with Crippen LogP contribution in [0.4, 0.5) is 8.78 Å². The monoisotopic (exact) mass is 291 g/mol. The first-order valence-corrected chi connectivity index (χ1v) is 7.41. The average Bonchev–Trinajstić information content (AvgIpc) is 2.70. The predicted octanol–water partition coefficient (Wildman–Crippen LogP) is 3.04. The Morgan fingerprint density at radius 1 is 1.38 bits per heavy atom. The summed E-state index contributed by atoms with van der Waals surface area (Å²) in [6.45, 7) is 1.80. The maximum atomic E-state index is 12.7. The van der Waals surface area contributed by atoms with Crippen molar-refractivity contribution < 1.29 is 8.78 Å². The molecule has 0 saturated carbocycles. The number of aromatic nitrogens is 1. The van der Waals surface area contributed by atoms with Crippen LogP contribution in [0, 0.1) is 18.3 Å². The molecule has 112 valence electrons. The van der Waals surface area contributed by atoms with E-state index in [2.05, 4.69) is 11.1 Å². The minimum Gasteiger partial charge on any atom is -0.292 e. The van der Waals surface area contributed by atoms with Gasteiger partial charge >= 0.3 is 0 Å². The van der Waals surface area contributed by atoms with E-state index < -0.39 is 11.8 Å². The van der Waals surface area contributed by atoms with Gasteiger partial charge < -0.3 is 0 Å². The summed E-state index contributed by atoms with van der Waals surface area (Å²) in [6, 6.07) is 4.68. The topological polar surface area (TPSA) is 39.9 Å². The molecular weight excluding hydrogens is 272 g/mol. The fraction of sp³-hybridized carbons (Fsp3) is 0.625. The molecule has 2 aliphatic heterocycles. The van der Waals surface area contributed by atoms with Crippen molar-refractivity contribution in [1.29, 1.82) is 5.26 Å². The molecule has 2 aliphatic rings. The first-order chi connectivity index (χ1) is 10.0. The number of hydrogen-bond donors (Lipinski definition) is 0. The highest BCUT2D eigenvalue weighted by atomic mass is 19.3. The van der Waals surface area contributed by atoms with Crippen LogP contribution < -0.4 is 0 Å². The van der Waals surface area contributed by atoms with E-state index in [0.717, 1.165) is 24.0 Å². The number of piperidine rings is 1. The first-order valence-electron chi connectivity index (χ1n) is 7.41. The number of nitriles is 1. The third-order valence-corrected chi connectivity index (χ3v) is 4.93. The molecule has 0 radical (unpaired) electrons. The minimum absolute atomic E-state index is 0.0953. The van der Waals surface area contributed by atoms with E-state index in [4.69, 9.17) is 0 Å². The predicted molar refractivity (Wildman–Crippen MR) is 75.0 cm³/mol. The summed E-state index contributed by atoms with van der Waals surface area (Å²) in [6.07, 6.45) is 4.34. The quantitative estimate of drug-likeness (QED) is 0.859. The molecule has 1 aromatic heterocycles. The summed E-state index contributed by atoms with van der Waals surface area (Å²) in [5, 5.41) is 9.77. The zero-order chi connectivity index (χ0) is 15.0. The van der Waals surface area contributed by atoms with Crippen LogP contribution in [0.5, 0.6) is 0 Å². The fourth-order valence-electron chi connectivity index (χ4n) is 4.01. The Morgan fingerprint density at radius 2 is 2.05 bits per heavy atom. The van der Waals surface area contributed by atoms with E-state index in [1.54, 1.807) is 12.4 Å². The first kappa shape index (κ1) is 14.4. The van der Waals surface area contributed by atoms with Gasteiger partial charge in [-0.1, -0.05) is 6.07 Å². The van der Waals surface area contributed by atoms with Crippen LogP contribution in [0.3, 0.4) is 0 Å². The molecule has 2 bridgehead atoms. The van der Waals surface area contributed by atoms with Gasteiger partial charge in [-0.2, -0.15) is 5.26 Å². The highest BCUT2D eigenvalue weighted by Gasteiger charge is 2.50. The molecule has 3 nitrogen and oxygen atoms in total. The summed E-state index contributed by atoms with van der Waals surface area (Å²) < 4.78 is 25.5. The third-order valence-electron chi connectivity index (χ3n) is 4.93. The number of hydrogen-bond acceptors (Lipinski definition) is 3. The molecule has 2 fully saturated rings. The maximum Gasteiger partial charge on any atom is 0.251 e. The summed E-state index contributed by atoms with van der Waals surface area (Å²) >= 11 is 0. The zero-order valence-corrected chi connectivity index (χ0v) is 12.1. The van der Waals surface area contributed by atoms with Gasteiger partial charge in [0.1, 0.15) is 0 Å². The van der Waals surface area contributed by atoms with Crippen molar-refractivity contribution in [2.45, 2.75) is 56.5 Å². The summed E-state index contributed by atoms with van der Waals surface area (Å²) in [7, 11) is 0. The SMILES string of the molecule is Cc1cncc(C2(C#N)CC3CCC(C2)N3CC(F)F)c1. The standard InChI is InChI=1S/C16H19F2N3/c1-11-4-12(8-20-7-11)16(10-19)5-13-2-3-14(6-16)21(13)9-15(17)18/h4,7-8,13-15H,2-3,5-6,9H2,1H3. The lowest BCUT2D eigenvalue weighted by Crippen LogP contribution is -2.50. The van der Waals surface area contributed by atoms with Crippen molar-refractivity contribution in [1.82, 2.24) is 9.88 Å². The molecule has 5 heteroatoms. The summed E-state index contributed by atoms with van der Waals surface area (Å²) in [5.41, 5.74) is 1.41. The number of fused-ring (bicyclic) bond motifs is 2. The Bertz CT molecular complexity index is 553. The van der Waals surface area contributed by atoms with Gasteiger partial charge in [-0.3, -0.25) is 9.88 Å². The number of nitrogens with zero attached hydrogens (tertiary/aromatic N) is 3. The van der Waals surface area contributed by atoms with Crippen LogP contribution in [0.2, 0.25) is 0 Å². The summed E-state index contributed by atoms with van der Waals surface area (Å²) in [5.74, 6) is 0. The molecular formula is C16H19F2N3. The highest BCUT2D eigenvalue weighted by Crippen LogP contribution is 2.47. The normalized spacial score (nSPS) is 32.3. The molecule has 2 atom stereocenters. The second kappa shape index (κ2) is 5.34. The lowest BCUT2D eigenvalue weighted by atomic mass is 9.71. The molecule has 0 amide bonds. The van der Waals surface area contributed by atoms with E-state index in [-0.39, 0.29) is 18.6 Å². The number of aryl methyl sites for hydroxylation is 1. The molecule has 21 heavy (non-hydrogen) atoms. The van der Waals surface area contributed by atoms with E-state index >= 15 is 0 Å². The highest BCUT2D eigenvalue weighted by molar-refractivity contribution is 5.35. The Balaban J connectivity index is 1.89. The van der Waals surface area contributed by atoms with Gasteiger partial charge in [0.15, 0.2) is 0 Å². The van der Waals surface area contributed by atoms with Crippen LogP contribution in [0.15, 0.2) is 18.5 Å². The van der Waals surface area contributed by atoms with Crippen molar-refractivity contribution in [2.24, 2.45) is 0 Å². The minimum atomic E-state index is -2.30. The van der Waals surface area contributed by atoms with Crippen LogP contribution >= 0.6 is 0 Å². The van der Waals surface area contributed by atoms with Crippen LogP contribution in [0.1, 0.15) is 36.8 Å². The van der Waals surface area contributed by atoms with Crippen molar-refractivity contribution >= 4 is 0 Å². The van der Waals surface area contributed by atoms with Crippen molar-refractivity contribution in [3.8, 4) is 6.07 Å². The average molecular weight is 291 g/mol. The second-order valence-corrected chi connectivity index (χ2v) is 6.33. The van der Waals surface area contributed by atoms with E-state index in [9.17, 15) is 14.0 Å². The van der Waals surface area contributed by atoms with E-state index in [0.29, 0.717) is 12.8 Å². The van der Waals surface area contributed by atoms with Gasteiger partial charge in [0, 0.05) is 24.5 Å². The number of pyridine rings is 1. The second-order valence-electron chi connectivity index (χ2n) is 6.33. The van der Waals surface area contributed by atoms with Gasteiger partial charge in [0.05, 0.1) is 18.0 Å². The molecule has 2 saturated heterocycles. The van der Waals surface area contributed by atoms with Gasteiger partial charge in [0.2, 0.25) is 0 Å². The largest absolute Gasteiger partial charge is 0.292 e. The smallest absolute Gasteiger partial charge is 0.251 e. The Kier molecular flexibility index (Phi) is 3.66. The molecule has 0 spiro atoms. The van der Waals surface area contributed by atoms with Crippen LogP contribution in [-0.2, 0) is 5.41 Å². The molecule has 1 aromatic rings. The van der Waals surface area contributed by atoms with E-state index in [1.165, 1.54) is 0 Å². The molecule has 2 unspecified atom stereocenters.